The second-order valence-electron chi connectivity index (χ2n) is 36.5. The minimum absolute atomic E-state index is 0.332. The average Bonchev–Trinajstić information content (AvgIpc) is 0.695. The molecule has 0 bridgehead atoms. The Hall–Kier alpha value is -6.48. The fourth-order valence-electron chi connectivity index (χ4n) is 17.5. The molecule has 0 fully saturated rings. The number of ether oxygens (including phenoxy) is 4. The van der Waals surface area contributed by atoms with E-state index in [9.17, 15) is 19.2 Å². The van der Waals surface area contributed by atoms with Crippen molar-refractivity contribution in [3.05, 3.63) is 166 Å². The molecule has 0 amide bonds. The van der Waals surface area contributed by atoms with E-state index >= 15 is 0 Å². The molecule has 0 saturated heterocycles. The van der Waals surface area contributed by atoms with Crippen LogP contribution in [0.2, 0.25) is 0 Å². The topological polar surface area (TPSA) is 142 Å². The van der Waals surface area contributed by atoms with Gasteiger partial charge in [-0.1, -0.05) is 449 Å². The summed E-state index contributed by atoms with van der Waals surface area (Å²) in [5, 5.41) is 2.05. The van der Waals surface area contributed by atoms with E-state index in [-0.39, 0.29) is 0 Å². The first kappa shape index (κ1) is 107. The lowest BCUT2D eigenvalue weighted by atomic mass is 9.83. The van der Waals surface area contributed by atoms with Crippen LogP contribution in [-0.2, 0) is 18.9 Å². The molecule has 12 nitrogen and oxygen atoms in total. The molecule has 0 atom stereocenters. The molecule has 0 unspecified atom stereocenters. The first-order chi connectivity index (χ1) is 62.2. The number of rotatable bonds is 82. The minimum atomic E-state index is -2.28. The number of hydrogen-bond donors (Lipinski definition) is 0. The Morgan fingerprint density at radius 1 is 0.238 bits per heavy atom. The van der Waals surface area contributed by atoms with Crippen molar-refractivity contribution in [1.82, 2.24) is 0 Å². The molecule has 0 heterocycles. The van der Waals surface area contributed by atoms with E-state index in [1.165, 1.54) is 334 Å². The van der Waals surface area contributed by atoms with Crippen LogP contribution < -0.4 is 28.5 Å². The fraction of sp³-hybridized carbons (Fsp3) is 0.661. The maximum atomic E-state index is 13.8. The van der Waals surface area contributed by atoms with Gasteiger partial charge in [0.05, 0.1) is 48.7 Å². The zero-order valence-electron chi connectivity index (χ0n) is 79.8. The van der Waals surface area contributed by atoms with Crippen molar-refractivity contribution >= 4 is 51.8 Å². The third-order valence-corrected chi connectivity index (χ3v) is 30.0. The van der Waals surface area contributed by atoms with Gasteiger partial charge in [0.25, 0.3) is 0 Å². The van der Waals surface area contributed by atoms with Crippen LogP contribution in [0.1, 0.15) is 486 Å². The summed E-state index contributed by atoms with van der Waals surface area (Å²) in [6.45, 7) is 10.5. The molecule has 14 heteroatoms. The predicted octanol–water partition coefficient (Wildman–Crippen LogP) is 34.3. The van der Waals surface area contributed by atoms with Crippen molar-refractivity contribution in [2.75, 3.05) is 26.4 Å². The molecule has 0 N–H and O–H groups in total. The van der Waals surface area contributed by atoms with Gasteiger partial charge in [-0.3, -0.25) is 0 Å². The minimum Gasteiger partial charge on any atom is -0.462 e. The standard InChI is InChI=1S/C112H172O12P2/c1-5-9-13-17-21-25-29-33-37-41-45-49-53-57-61-67-92-117-108(113)96-75-83-100(84-76-96)121-125(122-101-85-77-97(78-86-101)109(114)118-93-68-62-58-54-50-46-42-38-34-30-26-22-18-14-10-6-2)112(91-71-74-106-104-72-65-66-73-105(104)107(106)112)126(123-102-87-79-98(80-88-102)110(115)119-94-69-63-59-55-51-47-43-39-35-31-27-23-19-15-11-7-3)124-103-89-81-99(82-90-103)111(116)120-95-70-64-60-56-52-48-44-40-36-32-28-24-20-16-12-8-4/h65-66,71-90H,5-64,67-70,91-95H2,1-4H3. The molecule has 5 aromatic rings. The Morgan fingerprint density at radius 2 is 0.421 bits per heavy atom. The van der Waals surface area contributed by atoms with Gasteiger partial charge in [0.2, 0.25) is 0 Å². The lowest BCUT2D eigenvalue weighted by molar-refractivity contribution is 0.0488. The van der Waals surface area contributed by atoms with Gasteiger partial charge in [-0.2, -0.15) is 0 Å². The number of unbranched alkanes of at least 4 members (excludes halogenated alkanes) is 60. The number of carbonyl (C=O) groups excluding carboxylic acids is 4. The second-order valence-corrected chi connectivity index (χ2v) is 40.1. The third-order valence-electron chi connectivity index (χ3n) is 25.5. The molecule has 7 rings (SSSR count). The van der Waals surface area contributed by atoms with E-state index in [1.807, 2.05) is 12.1 Å². The highest BCUT2D eigenvalue weighted by Crippen LogP contribution is 2.75. The van der Waals surface area contributed by atoms with E-state index in [0.29, 0.717) is 78.1 Å². The summed E-state index contributed by atoms with van der Waals surface area (Å²) < 4.78 is 53.3. The summed E-state index contributed by atoms with van der Waals surface area (Å²) in [7, 11) is -4.55. The maximum absolute atomic E-state index is 13.8. The van der Waals surface area contributed by atoms with Gasteiger partial charge in [-0.15, -0.1) is 0 Å². The van der Waals surface area contributed by atoms with Gasteiger partial charge < -0.3 is 37.0 Å². The molecule has 5 aromatic carbocycles. The number of hydrogen-bond acceptors (Lipinski definition) is 12. The molecule has 2 aliphatic carbocycles. The van der Waals surface area contributed by atoms with Crippen molar-refractivity contribution in [2.24, 2.45) is 0 Å². The number of carbonyl (C=O) groups is 4. The van der Waals surface area contributed by atoms with E-state index < -0.39 is 45.5 Å². The number of esters is 4. The van der Waals surface area contributed by atoms with Crippen LogP contribution in [0, 0.1) is 0 Å². The lowest BCUT2D eigenvalue weighted by Crippen LogP contribution is -2.49. The monoisotopic (exact) mass is 1770 g/mol. The van der Waals surface area contributed by atoms with Gasteiger partial charge in [0.1, 0.15) is 23.0 Å². The second kappa shape index (κ2) is 70.4. The van der Waals surface area contributed by atoms with Gasteiger partial charge in [-0.05, 0) is 151 Å². The summed E-state index contributed by atoms with van der Waals surface area (Å²) in [5.41, 5.74) is 3.55. The highest BCUT2D eigenvalue weighted by atomic mass is 31.2. The summed E-state index contributed by atoms with van der Waals surface area (Å²) in [5.74, 6) is 0.176. The summed E-state index contributed by atoms with van der Waals surface area (Å²) in [4.78, 5) is 54.0. The molecular weight excluding hydrogens is 1600 g/mol. The summed E-state index contributed by atoms with van der Waals surface area (Å²) in [6, 6.07) is 36.6. The highest BCUT2D eigenvalue weighted by Gasteiger charge is 2.61. The molecule has 126 heavy (non-hydrogen) atoms. The first-order valence-electron chi connectivity index (χ1n) is 52.1. The Bertz CT molecular complexity index is 3370. The Kier molecular flexibility index (Phi) is 59.5. The van der Waals surface area contributed by atoms with Gasteiger partial charge in [0.15, 0.2) is 4.90 Å². The van der Waals surface area contributed by atoms with Gasteiger partial charge >= 0.3 is 40.6 Å². The van der Waals surface area contributed by atoms with E-state index in [4.69, 9.17) is 37.0 Å². The van der Waals surface area contributed by atoms with Crippen LogP contribution in [0.5, 0.6) is 23.0 Å². The highest BCUT2D eigenvalue weighted by molar-refractivity contribution is 7.70. The molecular formula is C112H172O12P2. The van der Waals surface area contributed by atoms with Crippen LogP contribution in [-0.4, -0.2) is 55.2 Å². The number of benzene rings is 5. The molecule has 0 aromatic heterocycles. The predicted molar refractivity (Wildman–Crippen MR) is 530 cm³/mol. The van der Waals surface area contributed by atoms with Crippen molar-refractivity contribution in [2.45, 2.75) is 450 Å². The molecule has 0 spiro atoms. The van der Waals surface area contributed by atoms with Crippen LogP contribution in [0.25, 0.3) is 11.1 Å². The summed E-state index contributed by atoms with van der Waals surface area (Å²) >= 11 is 0. The Labute approximate surface area is 768 Å². The Balaban J connectivity index is 1.05. The number of fused-ring (bicyclic) bond motifs is 2. The molecule has 2 aliphatic rings. The average molecular weight is 1770 g/mol. The SMILES string of the molecule is CCCCCCCCCCCCCCCCCCOC(=O)c1ccc(OP(Oc2ccc(C(=O)OCCCCCCCCCCCCCCCCCC)cc2)C2(P(Oc3ccc(C(=O)OCCCCCCCCCCCCCCCCCC)cc3)Oc3ccc(C(=O)OCCCCCCCCCCCCCCCCCC)cc3)CC=CC3=c4ccccc4=C32)cc1. The number of allylic oxidation sites excluding steroid dienone is 2. The molecule has 0 aliphatic heterocycles. The van der Waals surface area contributed by atoms with Crippen LogP contribution >= 0.6 is 16.8 Å². The van der Waals surface area contributed by atoms with Crippen molar-refractivity contribution in [3.63, 3.8) is 0 Å². The fourth-order valence-corrected chi connectivity index (χ4v) is 21.8. The van der Waals surface area contributed by atoms with E-state index in [0.717, 1.165) is 98.6 Å². The van der Waals surface area contributed by atoms with Crippen molar-refractivity contribution in [3.8, 4) is 23.0 Å². The van der Waals surface area contributed by atoms with Crippen molar-refractivity contribution in [1.29, 1.82) is 0 Å². The van der Waals surface area contributed by atoms with E-state index in [2.05, 4.69) is 52.0 Å². The van der Waals surface area contributed by atoms with Crippen molar-refractivity contribution < 1.29 is 56.2 Å². The van der Waals surface area contributed by atoms with Crippen LogP contribution in [0.15, 0.2) is 133 Å². The zero-order valence-corrected chi connectivity index (χ0v) is 81.6. The third kappa shape index (κ3) is 44.4. The molecule has 702 valence electrons. The normalized spacial score (nSPS) is 12.6. The largest absolute Gasteiger partial charge is 0.462 e. The van der Waals surface area contributed by atoms with Crippen LogP contribution in [0.4, 0.5) is 0 Å². The maximum Gasteiger partial charge on any atom is 0.338 e. The van der Waals surface area contributed by atoms with Crippen LogP contribution in [0.3, 0.4) is 0 Å². The summed E-state index contributed by atoms with van der Waals surface area (Å²) in [6.07, 6.45) is 85.9. The van der Waals surface area contributed by atoms with Gasteiger partial charge in [-0.25, -0.2) is 19.2 Å². The Morgan fingerprint density at radius 3 is 0.619 bits per heavy atom. The molecule has 0 saturated carbocycles. The molecule has 0 radical (unpaired) electrons. The van der Waals surface area contributed by atoms with E-state index in [1.54, 1.807) is 97.1 Å². The zero-order chi connectivity index (χ0) is 88.9. The quantitative estimate of drug-likeness (QED) is 0.0158. The van der Waals surface area contributed by atoms with Gasteiger partial charge in [0, 0.05) is 0 Å². The lowest BCUT2D eigenvalue weighted by Gasteiger charge is -2.46. The smallest absolute Gasteiger partial charge is 0.338 e. The first-order valence-corrected chi connectivity index (χ1v) is 54.5.